The number of hydrogen-bond donors (Lipinski definition) is 0. The van der Waals surface area contributed by atoms with Crippen LogP contribution in [0.5, 0.6) is 0 Å². The molecule has 1 atom stereocenters. The molecule has 1 saturated heterocycles. The van der Waals surface area contributed by atoms with Gasteiger partial charge in [-0.2, -0.15) is 26.3 Å². The molecule has 3 rings (SSSR count). The minimum atomic E-state index is -4.90. The number of halogens is 6. The summed E-state index contributed by atoms with van der Waals surface area (Å²) >= 11 is 0. The van der Waals surface area contributed by atoms with Gasteiger partial charge >= 0.3 is 18.3 Å². The van der Waals surface area contributed by atoms with Gasteiger partial charge in [0.1, 0.15) is 0 Å². The van der Waals surface area contributed by atoms with E-state index in [9.17, 15) is 31.1 Å². The second-order valence-electron chi connectivity index (χ2n) is 9.14. The van der Waals surface area contributed by atoms with E-state index in [2.05, 4.69) is 9.80 Å². The van der Waals surface area contributed by atoms with Crippen LogP contribution in [0.15, 0.2) is 48.5 Å². The van der Waals surface area contributed by atoms with E-state index < -0.39 is 23.5 Å². The molecule has 0 saturated carbocycles. The molecule has 11 heteroatoms. The first-order chi connectivity index (χ1) is 18.0. The van der Waals surface area contributed by atoms with Crippen LogP contribution in [-0.4, -0.2) is 61.7 Å². The largest absolute Gasteiger partial charge is 0.466 e. The van der Waals surface area contributed by atoms with Gasteiger partial charge in [0, 0.05) is 32.6 Å². The van der Waals surface area contributed by atoms with Crippen molar-refractivity contribution in [3.8, 4) is 0 Å². The van der Waals surface area contributed by atoms with Gasteiger partial charge in [-0.1, -0.05) is 30.3 Å². The summed E-state index contributed by atoms with van der Waals surface area (Å²) < 4.78 is 89.8. The number of hydrogen-bond acceptors (Lipinski definition) is 5. The molecule has 0 aromatic heterocycles. The third-order valence-electron chi connectivity index (χ3n) is 6.38. The molecular formula is C27H32F6N2O3. The standard InChI is InChI=1S/C27H32F6N2O3/c1-2-38-25(36)9-6-10-34-11-13-35(14-12-34)24(21-7-4-3-5-8-21)19-37-18-20-15-22(26(28,29)30)17-23(16-20)27(31,32)33/h3-5,7-8,15-17,24H,2,6,9-14,18-19H2,1H3. The smallest absolute Gasteiger partial charge is 0.416 e. The van der Waals surface area contributed by atoms with Crippen LogP contribution in [0.25, 0.3) is 0 Å². The first-order valence-corrected chi connectivity index (χ1v) is 12.5. The lowest BCUT2D eigenvalue weighted by molar-refractivity contribution is -0.144. The summed E-state index contributed by atoms with van der Waals surface area (Å²) in [7, 11) is 0. The summed E-state index contributed by atoms with van der Waals surface area (Å²) in [5, 5.41) is 0. The third-order valence-corrected chi connectivity index (χ3v) is 6.38. The number of ether oxygens (including phenoxy) is 2. The van der Waals surface area contributed by atoms with E-state index in [1.807, 2.05) is 30.3 Å². The quantitative estimate of drug-likeness (QED) is 0.258. The van der Waals surface area contributed by atoms with Gasteiger partial charge in [0.25, 0.3) is 0 Å². The predicted molar refractivity (Wildman–Crippen MR) is 129 cm³/mol. The van der Waals surface area contributed by atoms with E-state index in [1.54, 1.807) is 6.92 Å². The van der Waals surface area contributed by atoms with Crippen LogP contribution < -0.4 is 0 Å². The van der Waals surface area contributed by atoms with Crippen LogP contribution in [0.3, 0.4) is 0 Å². The number of nitrogens with zero attached hydrogens (tertiary/aromatic N) is 2. The Morgan fingerprint density at radius 1 is 0.921 bits per heavy atom. The lowest BCUT2D eigenvalue weighted by Gasteiger charge is -2.39. The summed E-state index contributed by atoms with van der Waals surface area (Å²) in [5.41, 5.74) is -1.96. The van der Waals surface area contributed by atoms with Crippen molar-refractivity contribution >= 4 is 5.97 Å². The highest BCUT2D eigenvalue weighted by Crippen LogP contribution is 2.36. The Balaban J connectivity index is 1.63. The topological polar surface area (TPSA) is 42.0 Å². The molecular weight excluding hydrogens is 514 g/mol. The molecule has 38 heavy (non-hydrogen) atoms. The maximum atomic E-state index is 13.2. The summed E-state index contributed by atoms with van der Waals surface area (Å²) in [6.07, 6.45) is -8.75. The third kappa shape index (κ3) is 8.99. The minimum absolute atomic E-state index is 0.102. The van der Waals surface area contributed by atoms with Gasteiger partial charge in [-0.15, -0.1) is 0 Å². The van der Waals surface area contributed by atoms with Crippen LogP contribution in [0.2, 0.25) is 0 Å². The number of rotatable bonds is 11. The molecule has 0 spiro atoms. The van der Waals surface area contributed by atoms with Crippen molar-refractivity contribution in [1.29, 1.82) is 0 Å². The molecule has 0 aliphatic carbocycles. The molecule has 1 unspecified atom stereocenters. The Labute approximate surface area is 218 Å². The summed E-state index contributed by atoms with van der Waals surface area (Å²) in [6.45, 7) is 5.52. The van der Waals surface area contributed by atoms with Gasteiger partial charge in [0.2, 0.25) is 0 Å². The Morgan fingerprint density at radius 3 is 2.08 bits per heavy atom. The molecule has 1 fully saturated rings. The number of carbonyl (C=O) groups excluding carboxylic acids is 1. The van der Waals surface area contributed by atoms with Gasteiger partial charge in [-0.3, -0.25) is 9.69 Å². The fourth-order valence-corrected chi connectivity index (χ4v) is 4.46. The normalized spacial score (nSPS) is 16.4. The fourth-order valence-electron chi connectivity index (χ4n) is 4.46. The molecule has 0 N–H and O–H groups in total. The Morgan fingerprint density at radius 2 is 1.53 bits per heavy atom. The second-order valence-corrected chi connectivity index (χ2v) is 9.14. The van der Waals surface area contributed by atoms with Gasteiger partial charge in [0.15, 0.2) is 0 Å². The van der Waals surface area contributed by atoms with Crippen molar-refractivity contribution in [2.75, 3.05) is 45.9 Å². The van der Waals surface area contributed by atoms with Crippen LogP contribution >= 0.6 is 0 Å². The summed E-state index contributed by atoms with van der Waals surface area (Å²) in [6, 6.07) is 10.7. The van der Waals surface area contributed by atoms with Gasteiger partial charge < -0.3 is 14.4 Å². The highest BCUT2D eigenvalue weighted by atomic mass is 19.4. The van der Waals surface area contributed by atoms with Crippen molar-refractivity contribution in [3.05, 3.63) is 70.8 Å². The predicted octanol–water partition coefficient (Wildman–Crippen LogP) is 5.94. The minimum Gasteiger partial charge on any atom is -0.466 e. The molecule has 0 radical (unpaired) electrons. The molecule has 1 aliphatic rings. The fraction of sp³-hybridized carbons (Fsp3) is 0.519. The molecule has 210 valence electrons. The van der Waals surface area contributed by atoms with Crippen LogP contribution in [-0.2, 0) is 33.2 Å². The van der Waals surface area contributed by atoms with Crippen LogP contribution in [0.4, 0.5) is 26.3 Å². The number of benzene rings is 2. The lowest BCUT2D eigenvalue weighted by atomic mass is 10.0. The van der Waals surface area contributed by atoms with Crippen LogP contribution in [0, 0.1) is 0 Å². The van der Waals surface area contributed by atoms with Gasteiger partial charge in [-0.25, -0.2) is 0 Å². The Bertz CT molecular complexity index is 989. The van der Waals surface area contributed by atoms with Crippen molar-refractivity contribution in [3.63, 3.8) is 0 Å². The maximum Gasteiger partial charge on any atom is 0.416 e. The zero-order valence-electron chi connectivity index (χ0n) is 21.2. The monoisotopic (exact) mass is 546 g/mol. The van der Waals surface area contributed by atoms with Crippen LogP contribution in [0.1, 0.15) is 48.1 Å². The molecule has 0 amide bonds. The molecule has 1 aliphatic heterocycles. The van der Waals surface area contributed by atoms with Gasteiger partial charge in [-0.05, 0) is 49.2 Å². The number of carbonyl (C=O) groups is 1. The molecule has 2 aromatic carbocycles. The summed E-state index contributed by atoms with van der Waals surface area (Å²) in [4.78, 5) is 16.0. The average molecular weight is 547 g/mol. The number of alkyl halides is 6. The SMILES string of the molecule is CCOC(=O)CCCN1CCN(C(COCc2cc(C(F)(F)F)cc(C(F)(F)F)c2)c2ccccc2)CC1. The highest BCUT2D eigenvalue weighted by Gasteiger charge is 2.37. The first kappa shape index (κ1) is 29.9. The van der Waals surface area contributed by atoms with E-state index in [4.69, 9.17) is 9.47 Å². The van der Waals surface area contributed by atoms with Crippen molar-refractivity contribution < 1.29 is 40.6 Å². The summed E-state index contributed by atoms with van der Waals surface area (Å²) in [5.74, 6) is -0.212. The van der Waals surface area contributed by atoms with E-state index in [0.29, 0.717) is 44.7 Å². The second kappa shape index (κ2) is 13.4. The molecule has 2 aromatic rings. The van der Waals surface area contributed by atoms with Gasteiger partial charge in [0.05, 0.1) is 37.0 Å². The van der Waals surface area contributed by atoms with E-state index in [1.165, 1.54) is 0 Å². The Kier molecular flexibility index (Phi) is 10.6. The van der Waals surface area contributed by atoms with E-state index >= 15 is 0 Å². The zero-order valence-corrected chi connectivity index (χ0v) is 21.2. The number of esters is 1. The molecule has 0 bridgehead atoms. The lowest BCUT2D eigenvalue weighted by Crippen LogP contribution is -2.48. The zero-order chi connectivity index (χ0) is 27.8. The Hall–Kier alpha value is -2.63. The molecule has 1 heterocycles. The maximum absolute atomic E-state index is 13.2. The van der Waals surface area contributed by atoms with E-state index in [-0.39, 0.29) is 36.9 Å². The average Bonchev–Trinajstić information content (AvgIpc) is 2.87. The first-order valence-electron chi connectivity index (χ1n) is 12.5. The van der Waals surface area contributed by atoms with Crippen molar-refractivity contribution in [1.82, 2.24) is 9.80 Å². The highest BCUT2D eigenvalue weighted by molar-refractivity contribution is 5.69. The van der Waals surface area contributed by atoms with Crippen molar-refractivity contribution in [2.24, 2.45) is 0 Å². The van der Waals surface area contributed by atoms with E-state index in [0.717, 1.165) is 25.2 Å². The molecule has 5 nitrogen and oxygen atoms in total. The number of piperazine rings is 1. The van der Waals surface area contributed by atoms with Crippen molar-refractivity contribution in [2.45, 2.75) is 44.8 Å².